The number of pyridine rings is 1. The first-order valence-corrected chi connectivity index (χ1v) is 13.8. The Morgan fingerprint density at radius 3 is 2.68 bits per heavy atom. The number of rotatable bonds is 6. The van der Waals surface area contributed by atoms with E-state index >= 15 is 0 Å². The number of alkyl halides is 3. The van der Waals surface area contributed by atoms with Crippen molar-refractivity contribution < 1.29 is 27.4 Å². The minimum absolute atomic E-state index is 0.00153. The lowest BCUT2D eigenvalue weighted by Gasteiger charge is -2.24. The Bertz CT molecular complexity index is 1440. The van der Waals surface area contributed by atoms with Gasteiger partial charge in [0.05, 0.1) is 23.9 Å². The number of nitrogens with one attached hydrogen (secondary N) is 2. The Kier molecular flexibility index (Phi) is 6.80. The summed E-state index contributed by atoms with van der Waals surface area (Å²) in [4.78, 5) is 32.6. The normalized spacial score (nSPS) is 27.5. The van der Waals surface area contributed by atoms with Gasteiger partial charge in [0.2, 0.25) is 5.91 Å². The number of carbonyl (C=O) groups is 1. The van der Waals surface area contributed by atoms with Crippen LogP contribution in [0.3, 0.4) is 0 Å². The van der Waals surface area contributed by atoms with Gasteiger partial charge in [-0.1, -0.05) is 0 Å². The van der Waals surface area contributed by atoms with Crippen LogP contribution in [0, 0.1) is 5.92 Å². The molecule has 1 saturated carbocycles. The van der Waals surface area contributed by atoms with Gasteiger partial charge in [0.25, 0.3) is 0 Å². The van der Waals surface area contributed by atoms with Crippen molar-refractivity contribution in [3.05, 3.63) is 36.5 Å². The first-order chi connectivity index (χ1) is 19.4. The van der Waals surface area contributed by atoms with Gasteiger partial charge in [-0.25, -0.2) is 19.9 Å². The lowest BCUT2D eigenvalue weighted by molar-refractivity contribution is -0.163. The summed E-state index contributed by atoms with van der Waals surface area (Å²) in [5, 5.41) is 6.41. The molecule has 1 unspecified atom stereocenters. The van der Waals surface area contributed by atoms with Crippen LogP contribution in [0.5, 0.6) is 0 Å². The van der Waals surface area contributed by atoms with Crippen molar-refractivity contribution in [1.82, 2.24) is 29.8 Å². The molecular formula is C27H33F3N8O3. The minimum Gasteiger partial charge on any atom is -0.364 e. The van der Waals surface area contributed by atoms with E-state index in [0.717, 1.165) is 12.1 Å². The van der Waals surface area contributed by atoms with E-state index in [1.165, 1.54) is 12.5 Å². The molecule has 14 heteroatoms. The number of aromatic nitrogens is 5. The van der Waals surface area contributed by atoms with Crippen molar-refractivity contribution in [3.63, 3.8) is 0 Å². The van der Waals surface area contributed by atoms with E-state index in [1.54, 1.807) is 6.33 Å². The molecule has 1 amide bonds. The number of nitrogens with zero attached hydrogens (tertiary/aromatic N) is 6. The summed E-state index contributed by atoms with van der Waals surface area (Å²) in [6.45, 7) is 8.54. The molecule has 1 aliphatic carbocycles. The van der Waals surface area contributed by atoms with Crippen LogP contribution in [0.4, 0.5) is 24.8 Å². The first-order valence-electron chi connectivity index (χ1n) is 13.8. The van der Waals surface area contributed by atoms with Gasteiger partial charge in [0.1, 0.15) is 29.9 Å². The van der Waals surface area contributed by atoms with Crippen LogP contribution < -0.4 is 15.5 Å². The third-order valence-electron chi connectivity index (χ3n) is 7.84. The monoisotopic (exact) mass is 574 g/mol. The number of amides is 1. The predicted molar refractivity (Wildman–Crippen MR) is 143 cm³/mol. The molecule has 0 radical (unpaired) electrons. The molecule has 3 fully saturated rings. The van der Waals surface area contributed by atoms with Crippen molar-refractivity contribution in [1.29, 1.82) is 0 Å². The summed E-state index contributed by atoms with van der Waals surface area (Å²) in [7, 11) is 0. The third-order valence-corrected chi connectivity index (χ3v) is 7.84. The summed E-state index contributed by atoms with van der Waals surface area (Å²) in [6.07, 6.45) is 0.326. The zero-order valence-corrected chi connectivity index (χ0v) is 23.2. The molecule has 220 valence electrons. The molecule has 5 heterocycles. The van der Waals surface area contributed by atoms with Crippen LogP contribution in [-0.4, -0.2) is 73.6 Å². The maximum atomic E-state index is 13.2. The fourth-order valence-electron chi connectivity index (χ4n) is 6.12. The minimum atomic E-state index is -4.43. The molecule has 2 aliphatic heterocycles. The summed E-state index contributed by atoms with van der Waals surface area (Å²) >= 11 is 0. The van der Waals surface area contributed by atoms with Gasteiger partial charge in [0.15, 0.2) is 17.3 Å². The fraction of sp³-hybridized carbons (Fsp3) is 0.593. The number of hydrogen-bond donors (Lipinski definition) is 2. The average molecular weight is 575 g/mol. The Labute approximate surface area is 234 Å². The van der Waals surface area contributed by atoms with E-state index in [2.05, 4.69) is 30.6 Å². The topological polar surface area (TPSA) is 119 Å². The highest BCUT2D eigenvalue weighted by atomic mass is 19.4. The van der Waals surface area contributed by atoms with Crippen molar-refractivity contribution in [3.8, 4) is 0 Å². The van der Waals surface area contributed by atoms with Crippen LogP contribution in [0.1, 0.15) is 52.1 Å². The average Bonchev–Trinajstić information content (AvgIpc) is 3.66. The number of hydrogen-bond acceptors (Lipinski definition) is 9. The lowest BCUT2D eigenvalue weighted by Crippen LogP contribution is -2.40. The molecule has 41 heavy (non-hydrogen) atoms. The number of carbonyl (C=O) groups excluding carboxylic acids is 1. The smallest absolute Gasteiger partial charge is 0.364 e. The van der Waals surface area contributed by atoms with Crippen LogP contribution in [0.25, 0.3) is 11.2 Å². The second-order valence-corrected chi connectivity index (χ2v) is 11.7. The molecule has 3 aromatic heterocycles. The SMILES string of the molecule is CC(C)NC(=O)[C@H]1C[C@@H](n2cnc3c(NC4CCN(c5cc(C(F)(F)F)ccn5)C4)ncnc32)[C@@H]2OC(C)(C)O[C@@H]21. The van der Waals surface area contributed by atoms with Gasteiger partial charge in [0, 0.05) is 31.4 Å². The second kappa shape index (κ2) is 10.1. The molecule has 2 saturated heterocycles. The largest absolute Gasteiger partial charge is 0.416 e. The number of ether oxygens (including phenoxy) is 2. The van der Waals surface area contributed by atoms with E-state index in [1.807, 2.05) is 37.2 Å². The Hall–Kier alpha value is -3.52. The van der Waals surface area contributed by atoms with Crippen LogP contribution >= 0.6 is 0 Å². The standard InChI is InChI=1S/C27H33F3N8O3/c1-14(2)35-25(39)17-10-18(22-21(17)40-26(3,4)41-22)38-13-34-20-23(32-12-33-24(20)38)36-16-6-8-37(11-16)19-9-15(5-7-31-19)27(28,29)30/h5,7,9,12-14,16-18,21-22H,6,8,10-11H2,1-4H3,(H,35,39)(H,32,33,36)/t16?,17-,18+,21+,22-/m0/s1. The summed E-state index contributed by atoms with van der Waals surface area (Å²) in [5.41, 5.74) is 0.437. The number of imidazole rings is 1. The second-order valence-electron chi connectivity index (χ2n) is 11.7. The molecule has 0 spiro atoms. The van der Waals surface area contributed by atoms with Crippen LogP contribution in [0.2, 0.25) is 0 Å². The quantitative estimate of drug-likeness (QED) is 0.456. The summed E-state index contributed by atoms with van der Waals surface area (Å²) in [5.74, 6) is -0.466. The molecule has 0 bridgehead atoms. The maximum absolute atomic E-state index is 13.2. The van der Waals surface area contributed by atoms with Crippen molar-refractivity contribution >= 4 is 28.7 Å². The highest BCUT2D eigenvalue weighted by Gasteiger charge is 2.57. The van der Waals surface area contributed by atoms with Gasteiger partial charge in [-0.2, -0.15) is 13.2 Å². The van der Waals surface area contributed by atoms with E-state index < -0.39 is 23.6 Å². The van der Waals surface area contributed by atoms with Gasteiger partial charge in [-0.05, 0) is 52.7 Å². The first kappa shape index (κ1) is 27.6. The lowest BCUT2D eigenvalue weighted by atomic mass is 10.0. The number of halogens is 3. The zero-order valence-electron chi connectivity index (χ0n) is 23.2. The van der Waals surface area contributed by atoms with Crippen molar-refractivity contribution in [2.45, 2.75) is 82.8 Å². The molecule has 0 aromatic carbocycles. The molecule has 5 atom stereocenters. The third kappa shape index (κ3) is 5.30. The van der Waals surface area contributed by atoms with Gasteiger partial charge >= 0.3 is 6.18 Å². The van der Waals surface area contributed by atoms with Crippen LogP contribution in [-0.2, 0) is 20.4 Å². The van der Waals surface area contributed by atoms with E-state index in [9.17, 15) is 18.0 Å². The van der Waals surface area contributed by atoms with Crippen molar-refractivity contribution in [2.24, 2.45) is 5.92 Å². The molecule has 3 aliphatic rings. The summed E-state index contributed by atoms with van der Waals surface area (Å²) in [6, 6.07) is 1.74. The Balaban J connectivity index is 1.21. The highest BCUT2D eigenvalue weighted by Crippen LogP contribution is 2.47. The fourth-order valence-corrected chi connectivity index (χ4v) is 6.12. The zero-order chi connectivity index (χ0) is 29.1. The summed E-state index contributed by atoms with van der Waals surface area (Å²) < 4.78 is 53.9. The van der Waals surface area contributed by atoms with E-state index in [-0.39, 0.29) is 41.9 Å². The van der Waals surface area contributed by atoms with Gasteiger partial charge in [-0.15, -0.1) is 0 Å². The number of fused-ring (bicyclic) bond motifs is 2. The van der Waals surface area contributed by atoms with Gasteiger partial charge < -0.3 is 29.6 Å². The Morgan fingerprint density at radius 1 is 1.15 bits per heavy atom. The maximum Gasteiger partial charge on any atom is 0.416 e. The molecular weight excluding hydrogens is 541 g/mol. The molecule has 11 nitrogen and oxygen atoms in total. The predicted octanol–water partition coefficient (Wildman–Crippen LogP) is 3.54. The molecule has 2 N–H and O–H groups in total. The Morgan fingerprint density at radius 2 is 1.93 bits per heavy atom. The van der Waals surface area contributed by atoms with Gasteiger partial charge in [-0.3, -0.25) is 4.79 Å². The van der Waals surface area contributed by atoms with E-state index in [4.69, 9.17) is 9.47 Å². The van der Waals surface area contributed by atoms with Crippen LogP contribution in [0.15, 0.2) is 31.0 Å². The number of anilines is 2. The highest BCUT2D eigenvalue weighted by molar-refractivity contribution is 5.83. The van der Waals surface area contributed by atoms with Crippen molar-refractivity contribution in [2.75, 3.05) is 23.3 Å². The molecule has 6 rings (SSSR count). The van der Waals surface area contributed by atoms with E-state index in [0.29, 0.717) is 42.9 Å². The molecule has 3 aromatic rings.